The van der Waals surface area contributed by atoms with Crippen molar-refractivity contribution in [3.63, 3.8) is 0 Å². The Kier molecular flexibility index (Phi) is 7.53. The maximum atomic E-state index is 6.55. The first-order valence-electron chi connectivity index (χ1n) is 19.2. The average Bonchev–Trinajstić information content (AvgIpc) is 3.65. The van der Waals surface area contributed by atoms with Crippen molar-refractivity contribution in [3.05, 3.63) is 212 Å². The van der Waals surface area contributed by atoms with Gasteiger partial charge in [0.2, 0.25) is 0 Å². The second kappa shape index (κ2) is 13.2. The van der Waals surface area contributed by atoms with Crippen LogP contribution in [-0.2, 0) is 0 Å². The maximum absolute atomic E-state index is 6.55. The molecule has 10 aromatic carbocycles. The van der Waals surface area contributed by atoms with Crippen LogP contribution in [0.15, 0.2) is 217 Å². The van der Waals surface area contributed by atoms with E-state index in [1.54, 1.807) is 0 Å². The van der Waals surface area contributed by atoms with Gasteiger partial charge in [0.05, 0.1) is 5.69 Å². The molecule has 262 valence electrons. The lowest BCUT2D eigenvalue weighted by Gasteiger charge is -2.29. The zero-order valence-electron chi connectivity index (χ0n) is 30.6. The Morgan fingerprint density at radius 2 is 0.964 bits per heavy atom. The topological polar surface area (TPSA) is 16.4 Å². The molecule has 0 aliphatic rings. The van der Waals surface area contributed by atoms with E-state index in [0.29, 0.717) is 0 Å². The Balaban J connectivity index is 1.19. The molecule has 11 aromatic rings. The Morgan fingerprint density at radius 1 is 0.321 bits per heavy atom. The van der Waals surface area contributed by atoms with Gasteiger partial charge in [-0.25, -0.2) is 0 Å². The van der Waals surface area contributed by atoms with Gasteiger partial charge in [-0.15, -0.1) is 0 Å². The molecule has 11 rings (SSSR count). The number of furan rings is 1. The molecule has 0 aliphatic carbocycles. The normalized spacial score (nSPS) is 11.6. The van der Waals surface area contributed by atoms with Crippen molar-refractivity contribution in [2.24, 2.45) is 0 Å². The quantitative estimate of drug-likeness (QED) is 0.160. The largest absolute Gasteiger partial charge is 0.456 e. The van der Waals surface area contributed by atoms with Gasteiger partial charge in [-0.1, -0.05) is 158 Å². The van der Waals surface area contributed by atoms with Gasteiger partial charge in [0.25, 0.3) is 0 Å². The highest BCUT2D eigenvalue weighted by Gasteiger charge is 2.23. The molecule has 0 fully saturated rings. The molecule has 0 amide bonds. The number of benzene rings is 10. The lowest BCUT2D eigenvalue weighted by Crippen LogP contribution is -2.11. The monoisotopic (exact) mass is 713 g/mol. The summed E-state index contributed by atoms with van der Waals surface area (Å²) in [5.41, 5.74) is 12.0. The molecule has 56 heavy (non-hydrogen) atoms. The highest BCUT2D eigenvalue weighted by molar-refractivity contribution is 6.17. The van der Waals surface area contributed by atoms with Crippen LogP contribution in [0.2, 0.25) is 0 Å². The van der Waals surface area contributed by atoms with Gasteiger partial charge in [-0.3, -0.25) is 0 Å². The molecule has 0 radical (unpaired) electrons. The summed E-state index contributed by atoms with van der Waals surface area (Å²) in [6.45, 7) is 0. The fourth-order valence-electron chi connectivity index (χ4n) is 8.60. The number of para-hydroxylation sites is 1. The maximum Gasteiger partial charge on any atom is 0.136 e. The Hall–Kier alpha value is -7.42. The van der Waals surface area contributed by atoms with Gasteiger partial charge in [0, 0.05) is 27.7 Å². The number of hydrogen-bond acceptors (Lipinski definition) is 2. The van der Waals surface area contributed by atoms with Crippen molar-refractivity contribution < 1.29 is 4.42 Å². The van der Waals surface area contributed by atoms with E-state index < -0.39 is 0 Å². The minimum atomic E-state index is 0.869. The fraction of sp³-hybridized carbons (Fsp3) is 0. The second-order valence-electron chi connectivity index (χ2n) is 14.5. The first-order chi connectivity index (χ1) is 27.8. The van der Waals surface area contributed by atoms with Crippen molar-refractivity contribution in [1.29, 1.82) is 0 Å². The third-order valence-electron chi connectivity index (χ3n) is 11.2. The number of hydrogen-bond donors (Lipinski definition) is 0. The zero-order chi connectivity index (χ0) is 37.0. The molecule has 0 N–H and O–H groups in total. The predicted molar refractivity (Wildman–Crippen MR) is 237 cm³/mol. The number of nitrogens with zero attached hydrogens (tertiary/aromatic N) is 1. The van der Waals surface area contributed by atoms with Crippen LogP contribution in [-0.4, -0.2) is 0 Å². The van der Waals surface area contributed by atoms with E-state index in [0.717, 1.165) is 55.7 Å². The van der Waals surface area contributed by atoms with Gasteiger partial charge in [-0.05, 0) is 115 Å². The highest BCUT2D eigenvalue weighted by Crippen LogP contribution is 2.48. The van der Waals surface area contributed by atoms with Crippen molar-refractivity contribution >= 4 is 71.3 Å². The van der Waals surface area contributed by atoms with E-state index in [1.807, 2.05) is 6.07 Å². The van der Waals surface area contributed by atoms with Gasteiger partial charge in [-0.2, -0.15) is 0 Å². The molecule has 1 aromatic heterocycles. The summed E-state index contributed by atoms with van der Waals surface area (Å²) in [6, 6.07) is 76.6. The van der Waals surface area contributed by atoms with Crippen LogP contribution in [0.3, 0.4) is 0 Å². The minimum absolute atomic E-state index is 0.869. The van der Waals surface area contributed by atoms with Crippen LogP contribution in [0.1, 0.15) is 0 Å². The third-order valence-corrected chi connectivity index (χ3v) is 11.2. The molecule has 0 saturated carbocycles. The summed E-state index contributed by atoms with van der Waals surface area (Å²) in [5.74, 6) is 0. The molecular formula is C54H35NO. The SMILES string of the molecule is c1ccc(-c2ccc(N(c3cccc(-c4cc5ccccc5c5ccccc45)c3)c3ccc4oc5ccccc5c4c3-c3ccc4ccccc4c3)cc2)cc1. The van der Waals surface area contributed by atoms with Gasteiger partial charge in [0.15, 0.2) is 0 Å². The standard InChI is InChI=1S/C54H35NO/c1-2-13-36(14-3-1)38-27-29-43(30-28-38)55(44-19-12-18-40(34-44)49-35-41-17-6-7-20-45(41)46-21-8-9-22-47(46)49)50-31-32-52-54(48-23-10-11-24-51(48)56-52)53(50)42-26-25-37-15-4-5-16-39(37)33-42/h1-35H. The van der Waals surface area contributed by atoms with Crippen LogP contribution in [0.4, 0.5) is 17.1 Å². The lowest BCUT2D eigenvalue weighted by molar-refractivity contribution is 0.669. The van der Waals surface area contributed by atoms with Crippen LogP contribution in [0, 0.1) is 0 Å². The van der Waals surface area contributed by atoms with E-state index in [-0.39, 0.29) is 0 Å². The molecule has 0 aliphatic heterocycles. The summed E-state index contributed by atoms with van der Waals surface area (Å²) in [4.78, 5) is 2.42. The zero-order valence-corrected chi connectivity index (χ0v) is 30.6. The average molecular weight is 714 g/mol. The Morgan fingerprint density at radius 3 is 1.80 bits per heavy atom. The smallest absolute Gasteiger partial charge is 0.136 e. The second-order valence-corrected chi connectivity index (χ2v) is 14.5. The molecular weight excluding hydrogens is 679 g/mol. The summed E-state index contributed by atoms with van der Waals surface area (Å²) in [7, 11) is 0. The predicted octanol–water partition coefficient (Wildman–Crippen LogP) is 15.5. The van der Waals surface area contributed by atoms with Crippen molar-refractivity contribution in [2.75, 3.05) is 4.90 Å². The summed E-state index contributed by atoms with van der Waals surface area (Å²) in [6.07, 6.45) is 0. The van der Waals surface area contributed by atoms with E-state index in [4.69, 9.17) is 4.42 Å². The number of rotatable bonds is 6. The van der Waals surface area contributed by atoms with Crippen molar-refractivity contribution in [1.82, 2.24) is 0 Å². The van der Waals surface area contributed by atoms with Gasteiger partial charge < -0.3 is 9.32 Å². The molecule has 0 unspecified atom stereocenters. The fourth-order valence-corrected chi connectivity index (χ4v) is 8.60. The summed E-state index contributed by atoms with van der Waals surface area (Å²) >= 11 is 0. The third kappa shape index (κ3) is 5.34. The molecule has 0 spiro atoms. The summed E-state index contributed by atoms with van der Waals surface area (Å²) in [5, 5.41) is 9.62. The molecule has 2 nitrogen and oxygen atoms in total. The van der Waals surface area contributed by atoms with Crippen LogP contribution in [0.5, 0.6) is 0 Å². The van der Waals surface area contributed by atoms with Crippen LogP contribution >= 0.6 is 0 Å². The Labute approximate surface area is 325 Å². The van der Waals surface area contributed by atoms with E-state index in [2.05, 4.69) is 211 Å². The molecule has 1 heterocycles. The highest BCUT2D eigenvalue weighted by atomic mass is 16.3. The Bertz CT molecular complexity index is 3250. The van der Waals surface area contributed by atoms with Crippen molar-refractivity contribution in [3.8, 4) is 33.4 Å². The van der Waals surface area contributed by atoms with E-state index >= 15 is 0 Å². The van der Waals surface area contributed by atoms with E-state index in [1.165, 1.54) is 49.0 Å². The lowest BCUT2D eigenvalue weighted by atomic mass is 9.92. The molecule has 0 atom stereocenters. The van der Waals surface area contributed by atoms with Crippen molar-refractivity contribution in [2.45, 2.75) is 0 Å². The van der Waals surface area contributed by atoms with E-state index in [9.17, 15) is 0 Å². The van der Waals surface area contributed by atoms with Crippen LogP contribution in [0.25, 0.3) is 87.6 Å². The molecule has 0 bridgehead atoms. The van der Waals surface area contributed by atoms with Crippen LogP contribution < -0.4 is 4.90 Å². The molecule has 2 heteroatoms. The van der Waals surface area contributed by atoms with Gasteiger partial charge >= 0.3 is 0 Å². The first-order valence-corrected chi connectivity index (χ1v) is 19.2. The summed E-state index contributed by atoms with van der Waals surface area (Å²) < 4.78 is 6.55. The number of anilines is 3. The minimum Gasteiger partial charge on any atom is -0.456 e. The first kappa shape index (κ1) is 32.0. The molecule has 0 saturated heterocycles. The van der Waals surface area contributed by atoms with Gasteiger partial charge in [0.1, 0.15) is 11.2 Å². The number of fused-ring (bicyclic) bond motifs is 7.